The van der Waals surface area contributed by atoms with Crippen molar-refractivity contribution < 1.29 is 23.9 Å². The Labute approximate surface area is 159 Å². The van der Waals surface area contributed by atoms with Crippen LogP contribution in [0.15, 0.2) is 40.9 Å². The zero-order valence-electron chi connectivity index (χ0n) is 14.3. The highest BCUT2D eigenvalue weighted by Gasteiger charge is 2.20. The minimum Gasteiger partial charge on any atom is -0.508 e. The van der Waals surface area contributed by atoms with Crippen LogP contribution in [0.25, 0.3) is 11.1 Å². The van der Waals surface area contributed by atoms with Crippen LogP contribution in [-0.4, -0.2) is 21.3 Å². The number of halogens is 2. The minimum atomic E-state index is -0.386. The smallest absolute Gasteiger partial charge is 0.217 e. The maximum absolute atomic E-state index is 13.3. The second-order valence-corrected chi connectivity index (χ2v) is 6.36. The first-order valence-electron chi connectivity index (χ1n) is 8.03. The molecule has 3 rings (SSSR count). The first-order valence-corrected chi connectivity index (χ1v) is 8.41. The molecule has 1 amide bonds. The molecular formula is C19H16ClFN2O4. The highest BCUT2D eigenvalue weighted by Crippen LogP contribution is 2.35. The quantitative estimate of drug-likeness (QED) is 0.616. The van der Waals surface area contributed by atoms with Crippen LogP contribution in [0.1, 0.15) is 23.9 Å². The molecule has 0 aliphatic heterocycles. The number of amides is 1. The number of benzene rings is 2. The van der Waals surface area contributed by atoms with Gasteiger partial charge in [-0.05, 0) is 23.8 Å². The number of aromatic hydroxyl groups is 2. The van der Waals surface area contributed by atoms with E-state index in [9.17, 15) is 19.4 Å². The molecule has 3 N–H and O–H groups in total. The summed E-state index contributed by atoms with van der Waals surface area (Å²) in [6, 6.07) is 8.34. The predicted octanol–water partition coefficient (Wildman–Crippen LogP) is 3.77. The molecule has 0 saturated carbocycles. The first-order chi connectivity index (χ1) is 12.8. The number of hydrogen-bond donors (Lipinski definition) is 3. The molecule has 0 saturated heterocycles. The van der Waals surface area contributed by atoms with E-state index < -0.39 is 0 Å². The molecule has 0 bridgehead atoms. The Kier molecular flexibility index (Phi) is 5.32. The number of carbonyl (C=O) groups is 1. The number of carbonyl (C=O) groups excluding carboxylic acids is 1. The van der Waals surface area contributed by atoms with Crippen molar-refractivity contribution in [3.63, 3.8) is 0 Å². The van der Waals surface area contributed by atoms with E-state index in [0.29, 0.717) is 28.1 Å². The zero-order chi connectivity index (χ0) is 19.6. The first kappa shape index (κ1) is 18.7. The fraction of sp³-hybridized carbons (Fsp3) is 0.158. The van der Waals surface area contributed by atoms with Gasteiger partial charge in [0.05, 0.1) is 11.6 Å². The molecule has 27 heavy (non-hydrogen) atoms. The van der Waals surface area contributed by atoms with Crippen molar-refractivity contribution in [2.24, 2.45) is 0 Å². The number of phenolic OH excluding ortho intramolecular Hbond substituents is 2. The van der Waals surface area contributed by atoms with E-state index in [-0.39, 0.29) is 41.2 Å². The molecule has 6 nitrogen and oxygen atoms in total. The molecular weight excluding hydrogens is 375 g/mol. The molecule has 0 aliphatic rings. The van der Waals surface area contributed by atoms with Gasteiger partial charge in [-0.15, -0.1) is 0 Å². The molecule has 8 heteroatoms. The van der Waals surface area contributed by atoms with Crippen LogP contribution >= 0.6 is 11.6 Å². The summed E-state index contributed by atoms with van der Waals surface area (Å²) >= 11 is 5.92. The predicted molar refractivity (Wildman–Crippen MR) is 97.0 cm³/mol. The van der Waals surface area contributed by atoms with Gasteiger partial charge in [-0.3, -0.25) is 4.79 Å². The Bertz CT molecular complexity index is 986. The molecule has 3 aromatic rings. The molecule has 2 aromatic carbocycles. The third kappa shape index (κ3) is 4.20. The van der Waals surface area contributed by atoms with Gasteiger partial charge in [0.15, 0.2) is 0 Å². The monoisotopic (exact) mass is 390 g/mol. The molecule has 0 unspecified atom stereocenters. The fourth-order valence-electron chi connectivity index (χ4n) is 2.66. The second-order valence-electron chi connectivity index (χ2n) is 5.95. The lowest BCUT2D eigenvalue weighted by Crippen LogP contribution is -2.19. The Morgan fingerprint density at radius 3 is 2.59 bits per heavy atom. The van der Waals surface area contributed by atoms with Crippen LogP contribution in [0.5, 0.6) is 11.5 Å². The van der Waals surface area contributed by atoms with Gasteiger partial charge in [0.25, 0.3) is 0 Å². The van der Waals surface area contributed by atoms with Gasteiger partial charge >= 0.3 is 0 Å². The van der Waals surface area contributed by atoms with Crippen molar-refractivity contribution in [1.82, 2.24) is 10.5 Å². The molecule has 0 spiro atoms. The van der Waals surface area contributed by atoms with Crippen LogP contribution < -0.4 is 5.32 Å². The van der Waals surface area contributed by atoms with Crippen LogP contribution in [0.4, 0.5) is 4.39 Å². The Morgan fingerprint density at radius 2 is 1.93 bits per heavy atom. The summed E-state index contributed by atoms with van der Waals surface area (Å²) in [6.45, 7) is 1.52. The number of aromatic nitrogens is 1. The number of nitrogens with zero attached hydrogens (tertiary/aromatic N) is 1. The molecule has 140 valence electrons. The number of hydrogen-bond acceptors (Lipinski definition) is 5. The summed E-state index contributed by atoms with van der Waals surface area (Å²) in [5.41, 5.74) is 2.13. The van der Waals surface area contributed by atoms with Gasteiger partial charge in [-0.1, -0.05) is 28.9 Å². The van der Waals surface area contributed by atoms with E-state index >= 15 is 0 Å². The molecule has 0 aliphatic carbocycles. The van der Waals surface area contributed by atoms with E-state index in [0.717, 1.165) is 6.07 Å². The van der Waals surface area contributed by atoms with Crippen molar-refractivity contribution >= 4 is 17.5 Å². The van der Waals surface area contributed by atoms with Crippen LogP contribution in [-0.2, 0) is 17.8 Å². The van der Waals surface area contributed by atoms with Crippen LogP contribution in [0.3, 0.4) is 0 Å². The van der Waals surface area contributed by atoms with Gasteiger partial charge in [0.1, 0.15) is 28.8 Å². The lowest BCUT2D eigenvalue weighted by Gasteiger charge is -2.08. The Morgan fingerprint density at radius 1 is 1.22 bits per heavy atom. The highest BCUT2D eigenvalue weighted by atomic mass is 35.5. The molecule has 0 atom stereocenters. The van der Waals surface area contributed by atoms with E-state index in [1.165, 1.54) is 25.1 Å². The van der Waals surface area contributed by atoms with Crippen molar-refractivity contribution in [2.45, 2.75) is 19.9 Å². The molecule has 1 aromatic heterocycles. The minimum absolute atomic E-state index is 0.0871. The Hall–Kier alpha value is -3.06. The fourth-order valence-corrected chi connectivity index (χ4v) is 2.85. The summed E-state index contributed by atoms with van der Waals surface area (Å²) in [7, 11) is 0. The van der Waals surface area contributed by atoms with Gasteiger partial charge in [-0.25, -0.2) is 4.39 Å². The summed E-state index contributed by atoms with van der Waals surface area (Å²) in [5, 5.41) is 26.4. The van der Waals surface area contributed by atoms with Crippen molar-refractivity contribution in [3.8, 4) is 22.6 Å². The largest absolute Gasteiger partial charge is 0.508 e. The highest BCUT2D eigenvalue weighted by molar-refractivity contribution is 6.32. The van der Waals surface area contributed by atoms with Gasteiger partial charge < -0.3 is 20.1 Å². The molecule has 1 heterocycles. The molecule has 0 fully saturated rings. The standard InChI is InChI=1S/C19H16ClFN2O4/c1-10(24)22-9-15-19(11-2-4-13(21)5-3-11)18(27-23-15)7-12-6-14(20)17(26)8-16(12)25/h2-6,8,25-26H,7,9H2,1H3,(H,22,24). The average Bonchev–Trinajstić information content (AvgIpc) is 3.01. The van der Waals surface area contributed by atoms with E-state index in [1.54, 1.807) is 12.1 Å². The third-order valence-corrected chi connectivity index (χ3v) is 4.27. The second kappa shape index (κ2) is 7.67. The summed E-state index contributed by atoms with van der Waals surface area (Å²) in [6.07, 6.45) is 0.131. The third-order valence-electron chi connectivity index (χ3n) is 3.97. The van der Waals surface area contributed by atoms with Gasteiger partial charge in [0.2, 0.25) is 5.91 Å². The number of nitrogens with one attached hydrogen (secondary N) is 1. The summed E-state index contributed by atoms with van der Waals surface area (Å²) < 4.78 is 18.7. The Balaban J connectivity index is 2.03. The average molecular weight is 391 g/mol. The van der Waals surface area contributed by atoms with Crippen molar-refractivity contribution in [1.29, 1.82) is 0 Å². The number of phenols is 2. The van der Waals surface area contributed by atoms with E-state index in [4.69, 9.17) is 16.1 Å². The van der Waals surface area contributed by atoms with Crippen LogP contribution in [0.2, 0.25) is 5.02 Å². The van der Waals surface area contributed by atoms with Crippen molar-refractivity contribution in [3.05, 3.63) is 64.3 Å². The van der Waals surface area contributed by atoms with E-state index in [2.05, 4.69) is 10.5 Å². The lowest BCUT2D eigenvalue weighted by atomic mass is 9.99. The van der Waals surface area contributed by atoms with E-state index in [1.807, 2.05) is 0 Å². The summed E-state index contributed by atoms with van der Waals surface area (Å²) in [5.74, 6) is -0.600. The molecule has 0 radical (unpaired) electrons. The van der Waals surface area contributed by atoms with Gasteiger partial charge in [-0.2, -0.15) is 0 Å². The summed E-state index contributed by atoms with van der Waals surface area (Å²) in [4.78, 5) is 11.2. The van der Waals surface area contributed by atoms with Crippen molar-refractivity contribution in [2.75, 3.05) is 0 Å². The SMILES string of the molecule is CC(=O)NCc1noc(Cc2cc(Cl)c(O)cc2O)c1-c1ccc(F)cc1. The maximum atomic E-state index is 13.3. The van der Waals surface area contributed by atoms with Crippen LogP contribution in [0, 0.1) is 5.82 Å². The van der Waals surface area contributed by atoms with Gasteiger partial charge in [0, 0.05) is 30.5 Å². The lowest BCUT2D eigenvalue weighted by molar-refractivity contribution is -0.119. The zero-order valence-corrected chi connectivity index (χ0v) is 15.0. The maximum Gasteiger partial charge on any atom is 0.217 e. The normalized spacial score (nSPS) is 10.8. The number of rotatable bonds is 5. The topological polar surface area (TPSA) is 95.6 Å².